The molecule has 0 fully saturated rings. The Kier molecular flexibility index (Phi) is 4.40. The first-order valence-corrected chi connectivity index (χ1v) is 6.63. The van der Waals surface area contributed by atoms with Crippen molar-refractivity contribution < 1.29 is 4.74 Å². The highest BCUT2D eigenvalue weighted by Crippen LogP contribution is 2.17. The van der Waals surface area contributed by atoms with Crippen molar-refractivity contribution in [2.45, 2.75) is 33.4 Å². The van der Waals surface area contributed by atoms with Crippen LogP contribution in [0.5, 0.6) is 5.88 Å². The summed E-state index contributed by atoms with van der Waals surface area (Å²) in [4.78, 5) is 8.47. The molecule has 20 heavy (non-hydrogen) atoms. The van der Waals surface area contributed by atoms with Crippen LogP contribution in [0.2, 0.25) is 0 Å². The molecule has 0 bridgehead atoms. The Morgan fingerprint density at radius 3 is 2.85 bits per heavy atom. The summed E-state index contributed by atoms with van der Waals surface area (Å²) in [5.74, 6) is 1.21. The fourth-order valence-electron chi connectivity index (χ4n) is 1.81. The van der Waals surface area contributed by atoms with E-state index >= 15 is 0 Å². The number of rotatable bonds is 5. The van der Waals surface area contributed by atoms with Crippen LogP contribution in [0.1, 0.15) is 25.0 Å². The summed E-state index contributed by atoms with van der Waals surface area (Å²) in [6, 6.07) is 5.89. The highest BCUT2D eigenvalue weighted by molar-refractivity contribution is 5.51. The third kappa shape index (κ3) is 3.60. The van der Waals surface area contributed by atoms with Crippen molar-refractivity contribution in [1.82, 2.24) is 9.97 Å². The van der Waals surface area contributed by atoms with Crippen molar-refractivity contribution in [2.24, 2.45) is 0 Å². The third-order valence-corrected chi connectivity index (χ3v) is 2.92. The second-order valence-electron chi connectivity index (χ2n) is 4.89. The molecule has 0 aliphatic rings. The monoisotopic (exact) mass is 272 g/mol. The van der Waals surface area contributed by atoms with Gasteiger partial charge in [0.2, 0.25) is 5.88 Å². The number of nitrogen functional groups attached to an aromatic ring is 1. The molecule has 0 unspecified atom stereocenters. The number of nitrogens with zero attached hydrogens (tertiary/aromatic N) is 2. The molecular weight excluding hydrogens is 252 g/mol. The van der Waals surface area contributed by atoms with Gasteiger partial charge in [0, 0.05) is 12.2 Å². The molecule has 1 aromatic heterocycles. The van der Waals surface area contributed by atoms with Crippen LogP contribution in [0.4, 0.5) is 11.5 Å². The summed E-state index contributed by atoms with van der Waals surface area (Å²) >= 11 is 0. The van der Waals surface area contributed by atoms with Crippen molar-refractivity contribution >= 4 is 11.5 Å². The lowest BCUT2D eigenvalue weighted by Crippen LogP contribution is -2.09. The molecule has 5 nitrogen and oxygen atoms in total. The summed E-state index contributed by atoms with van der Waals surface area (Å²) in [6.45, 7) is 6.57. The molecule has 0 saturated heterocycles. The largest absolute Gasteiger partial charge is 0.474 e. The molecule has 0 radical (unpaired) electrons. The number of anilines is 2. The lowest BCUT2D eigenvalue weighted by atomic mass is 10.1. The molecule has 0 saturated carbocycles. The molecule has 2 rings (SSSR count). The second-order valence-corrected chi connectivity index (χ2v) is 4.89. The van der Waals surface area contributed by atoms with Gasteiger partial charge in [-0.25, -0.2) is 0 Å². The second kappa shape index (κ2) is 6.23. The minimum Gasteiger partial charge on any atom is -0.474 e. The van der Waals surface area contributed by atoms with Gasteiger partial charge in [-0.3, -0.25) is 4.98 Å². The fraction of sp³-hybridized carbons (Fsp3) is 0.333. The third-order valence-electron chi connectivity index (χ3n) is 2.92. The van der Waals surface area contributed by atoms with Gasteiger partial charge in [-0.2, -0.15) is 4.98 Å². The molecule has 1 heterocycles. The lowest BCUT2D eigenvalue weighted by Gasteiger charge is -2.12. The number of nitrogens with one attached hydrogen (secondary N) is 1. The van der Waals surface area contributed by atoms with Gasteiger partial charge in [-0.1, -0.05) is 12.1 Å². The van der Waals surface area contributed by atoms with Gasteiger partial charge in [0.25, 0.3) is 0 Å². The molecule has 0 amide bonds. The Morgan fingerprint density at radius 1 is 1.30 bits per heavy atom. The highest BCUT2D eigenvalue weighted by atomic mass is 16.5. The number of aromatic nitrogens is 2. The molecule has 5 heteroatoms. The summed E-state index contributed by atoms with van der Waals surface area (Å²) in [6.07, 6.45) is 3.36. The van der Waals surface area contributed by atoms with E-state index in [1.54, 1.807) is 12.4 Å². The highest BCUT2D eigenvalue weighted by Gasteiger charge is 2.04. The molecule has 1 aromatic carbocycles. The Hall–Kier alpha value is -2.30. The summed E-state index contributed by atoms with van der Waals surface area (Å²) in [5, 5.41) is 3.23. The van der Waals surface area contributed by atoms with E-state index in [9.17, 15) is 0 Å². The minimum atomic E-state index is 0.0794. The van der Waals surface area contributed by atoms with Crippen molar-refractivity contribution in [1.29, 1.82) is 0 Å². The van der Waals surface area contributed by atoms with E-state index < -0.39 is 0 Å². The molecule has 0 atom stereocenters. The Balaban J connectivity index is 2.05. The Morgan fingerprint density at radius 2 is 2.10 bits per heavy atom. The van der Waals surface area contributed by atoms with Gasteiger partial charge in [0.05, 0.1) is 18.5 Å². The molecule has 0 aliphatic carbocycles. The molecule has 0 aliphatic heterocycles. The maximum atomic E-state index is 5.89. The Labute approximate surface area is 119 Å². The van der Waals surface area contributed by atoms with Gasteiger partial charge in [0.15, 0.2) is 0 Å². The van der Waals surface area contributed by atoms with E-state index in [0.29, 0.717) is 18.2 Å². The Bertz CT molecular complexity index is 584. The van der Waals surface area contributed by atoms with Gasteiger partial charge >= 0.3 is 0 Å². The minimum absolute atomic E-state index is 0.0794. The zero-order chi connectivity index (χ0) is 14.5. The van der Waals surface area contributed by atoms with Crippen LogP contribution in [0, 0.1) is 6.92 Å². The fourth-order valence-corrected chi connectivity index (χ4v) is 1.81. The first-order valence-electron chi connectivity index (χ1n) is 6.63. The van der Waals surface area contributed by atoms with E-state index in [1.807, 2.05) is 39.0 Å². The summed E-state index contributed by atoms with van der Waals surface area (Å²) in [5.41, 5.74) is 8.92. The van der Waals surface area contributed by atoms with E-state index in [1.165, 1.54) is 0 Å². The zero-order valence-electron chi connectivity index (χ0n) is 12.1. The van der Waals surface area contributed by atoms with Gasteiger partial charge < -0.3 is 15.8 Å². The smallest absolute Gasteiger partial charge is 0.234 e. The predicted octanol–water partition coefficient (Wildman–Crippen LogP) is 2.77. The standard InChI is InChI=1S/C15H20N4O/c1-10(2)20-15-9-17-8-14(19-15)18-7-12-5-4-6-13(16)11(12)3/h4-6,8-10H,7,16H2,1-3H3,(H,18,19). The quantitative estimate of drug-likeness (QED) is 0.819. The maximum absolute atomic E-state index is 5.89. The average molecular weight is 272 g/mol. The number of hydrogen-bond acceptors (Lipinski definition) is 5. The van der Waals surface area contributed by atoms with Gasteiger partial charge in [0.1, 0.15) is 5.82 Å². The van der Waals surface area contributed by atoms with Gasteiger partial charge in [-0.05, 0) is 38.0 Å². The van der Waals surface area contributed by atoms with Crippen LogP contribution >= 0.6 is 0 Å². The van der Waals surface area contributed by atoms with Crippen LogP contribution in [0.25, 0.3) is 0 Å². The number of ether oxygens (including phenoxy) is 1. The van der Waals surface area contributed by atoms with Crippen LogP contribution < -0.4 is 15.8 Å². The number of nitrogens with two attached hydrogens (primary N) is 1. The van der Waals surface area contributed by atoms with E-state index in [4.69, 9.17) is 10.5 Å². The van der Waals surface area contributed by atoms with Crippen molar-refractivity contribution in [2.75, 3.05) is 11.1 Å². The molecular formula is C15H20N4O. The van der Waals surface area contributed by atoms with Crippen LogP contribution in [-0.2, 0) is 6.54 Å². The van der Waals surface area contributed by atoms with Crippen LogP contribution in [-0.4, -0.2) is 16.1 Å². The van der Waals surface area contributed by atoms with E-state index in [-0.39, 0.29) is 6.10 Å². The SMILES string of the molecule is Cc1c(N)cccc1CNc1cncc(OC(C)C)n1. The normalized spacial score (nSPS) is 10.6. The van der Waals surface area contributed by atoms with E-state index in [0.717, 1.165) is 16.8 Å². The lowest BCUT2D eigenvalue weighted by molar-refractivity contribution is 0.232. The molecule has 106 valence electrons. The molecule has 2 aromatic rings. The van der Waals surface area contributed by atoms with Crippen molar-refractivity contribution in [3.05, 3.63) is 41.7 Å². The van der Waals surface area contributed by atoms with Crippen LogP contribution in [0.15, 0.2) is 30.6 Å². The van der Waals surface area contributed by atoms with Crippen molar-refractivity contribution in [3.8, 4) is 5.88 Å². The van der Waals surface area contributed by atoms with E-state index in [2.05, 4.69) is 15.3 Å². The van der Waals surface area contributed by atoms with Crippen LogP contribution in [0.3, 0.4) is 0 Å². The predicted molar refractivity (Wildman–Crippen MR) is 80.7 cm³/mol. The average Bonchev–Trinajstić information content (AvgIpc) is 2.40. The zero-order valence-corrected chi connectivity index (χ0v) is 12.1. The maximum Gasteiger partial charge on any atom is 0.234 e. The van der Waals surface area contributed by atoms with Gasteiger partial charge in [-0.15, -0.1) is 0 Å². The summed E-state index contributed by atoms with van der Waals surface area (Å²) < 4.78 is 5.52. The molecule has 0 spiro atoms. The summed E-state index contributed by atoms with van der Waals surface area (Å²) in [7, 11) is 0. The number of benzene rings is 1. The topological polar surface area (TPSA) is 73.1 Å². The number of hydrogen-bond donors (Lipinski definition) is 2. The molecule has 3 N–H and O–H groups in total. The van der Waals surface area contributed by atoms with Crippen molar-refractivity contribution in [3.63, 3.8) is 0 Å². The first-order chi connectivity index (χ1) is 9.56. The first kappa shape index (κ1) is 14.1.